The topological polar surface area (TPSA) is 137 Å². The first kappa shape index (κ1) is 25.7. The molecule has 3 heterocycles. The molecule has 2 atom stereocenters. The molecule has 0 aliphatic carbocycles. The number of nitrogens with zero attached hydrogens (tertiary/aromatic N) is 6. The number of aliphatic hydroxyl groups is 1. The molecule has 0 spiro atoms. The highest BCUT2D eigenvalue weighted by atomic mass is 16.6. The maximum atomic E-state index is 13.3. The summed E-state index contributed by atoms with van der Waals surface area (Å²) in [5.74, 6) is -1.65. The third kappa shape index (κ3) is 5.20. The lowest BCUT2D eigenvalue weighted by Gasteiger charge is -2.22. The summed E-state index contributed by atoms with van der Waals surface area (Å²) in [5, 5.41) is 25.2. The number of tetrazole rings is 1. The fourth-order valence-electron chi connectivity index (χ4n) is 4.90. The van der Waals surface area contributed by atoms with Gasteiger partial charge in [-0.05, 0) is 48.4 Å². The Labute approximate surface area is 219 Å². The lowest BCUT2D eigenvalue weighted by molar-refractivity contribution is -0.177. The number of rotatable bonds is 10. The second kappa shape index (κ2) is 11.2. The Balaban J connectivity index is 1.44. The van der Waals surface area contributed by atoms with E-state index >= 15 is 0 Å². The van der Waals surface area contributed by atoms with E-state index < -0.39 is 23.7 Å². The Morgan fingerprint density at radius 2 is 2.05 bits per heavy atom. The van der Waals surface area contributed by atoms with Crippen LogP contribution in [-0.2, 0) is 14.3 Å². The van der Waals surface area contributed by atoms with Crippen LogP contribution in [0.4, 0.5) is 0 Å². The Morgan fingerprint density at radius 3 is 2.82 bits per heavy atom. The van der Waals surface area contributed by atoms with Crippen molar-refractivity contribution in [2.45, 2.75) is 63.6 Å². The van der Waals surface area contributed by atoms with Crippen molar-refractivity contribution in [3.8, 4) is 16.8 Å². The minimum atomic E-state index is -1.82. The molecule has 0 amide bonds. The van der Waals surface area contributed by atoms with Gasteiger partial charge in [-0.3, -0.25) is 5.32 Å². The number of imidazole rings is 1. The molecule has 1 saturated heterocycles. The molecule has 4 aromatic rings. The highest BCUT2D eigenvalue weighted by Crippen LogP contribution is 2.31. The molecule has 1 aliphatic rings. The van der Waals surface area contributed by atoms with Gasteiger partial charge < -0.3 is 14.4 Å². The molecule has 2 aromatic heterocycles. The monoisotopic (exact) mass is 517 g/mol. The number of aromatic nitrogens is 6. The van der Waals surface area contributed by atoms with Crippen molar-refractivity contribution in [1.29, 1.82) is 0 Å². The molecule has 198 valence electrons. The number of para-hydroxylation sites is 1. The molecule has 1 unspecified atom stereocenters. The van der Waals surface area contributed by atoms with Gasteiger partial charge in [-0.15, -0.1) is 15.0 Å². The van der Waals surface area contributed by atoms with Gasteiger partial charge in [-0.2, -0.15) is 0 Å². The van der Waals surface area contributed by atoms with E-state index in [2.05, 4.69) is 32.6 Å². The van der Waals surface area contributed by atoms with Crippen molar-refractivity contribution >= 4 is 23.0 Å². The van der Waals surface area contributed by atoms with Crippen LogP contribution in [0.3, 0.4) is 0 Å². The summed E-state index contributed by atoms with van der Waals surface area (Å²) >= 11 is 0. The predicted molar refractivity (Wildman–Crippen MR) is 139 cm³/mol. The van der Waals surface area contributed by atoms with E-state index in [1.807, 2.05) is 42.5 Å². The number of nitrogens with one attached hydrogen (secondary N) is 1. The summed E-state index contributed by atoms with van der Waals surface area (Å²) < 4.78 is 6.98. The molecule has 0 saturated carbocycles. The Kier molecular flexibility index (Phi) is 7.57. The van der Waals surface area contributed by atoms with E-state index in [0.29, 0.717) is 24.9 Å². The standard InChI is InChI=1S/C27H31N7O4/c1-2-3-4-5-11-24(25(35)38-26(36)27(37)14-8-15-29-27)33-18-28-21-16-19(12-13-23(21)33)20-9-6-7-10-22(20)34-31-17-30-32-34/h6-7,9-10,12-13,16-18,24,29,37H,2-5,8,11,14-15H2,1H3/t24?,27-/m1/s1. The molecule has 1 aliphatic heterocycles. The normalized spacial score (nSPS) is 18.1. The molecule has 0 bridgehead atoms. The zero-order valence-corrected chi connectivity index (χ0v) is 21.3. The Morgan fingerprint density at radius 1 is 1.18 bits per heavy atom. The molecule has 0 radical (unpaired) electrons. The minimum absolute atomic E-state index is 0.211. The van der Waals surface area contributed by atoms with Gasteiger partial charge in [0.15, 0.2) is 6.33 Å². The molecular formula is C27H31N7O4. The van der Waals surface area contributed by atoms with Gasteiger partial charge >= 0.3 is 11.9 Å². The Bertz CT molecular complexity index is 1410. The third-order valence-electron chi connectivity index (χ3n) is 6.96. The van der Waals surface area contributed by atoms with Crippen molar-refractivity contribution in [2.75, 3.05) is 6.54 Å². The van der Waals surface area contributed by atoms with Crippen LogP contribution < -0.4 is 5.32 Å². The van der Waals surface area contributed by atoms with Gasteiger partial charge in [0, 0.05) is 12.0 Å². The van der Waals surface area contributed by atoms with E-state index in [1.165, 1.54) is 11.1 Å². The SMILES string of the molecule is CCCCCCC(C(=O)OC(=O)[C@]1(O)CCCN1)n1cnc2cc(-c3ccccc3-n3ncnn3)ccc21. The third-order valence-corrected chi connectivity index (χ3v) is 6.96. The lowest BCUT2D eigenvalue weighted by Crippen LogP contribution is -2.49. The number of unbranched alkanes of at least 4 members (excludes halogenated alkanes) is 3. The Hall–Kier alpha value is -3.96. The van der Waals surface area contributed by atoms with Crippen LogP contribution >= 0.6 is 0 Å². The smallest absolute Gasteiger partial charge is 0.361 e. The van der Waals surface area contributed by atoms with Crippen molar-refractivity contribution in [3.05, 3.63) is 55.1 Å². The van der Waals surface area contributed by atoms with Crippen LogP contribution in [0.25, 0.3) is 27.8 Å². The zero-order valence-electron chi connectivity index (χ0n) is 21.3. The maximum Gasteiger partial charge on any atom is 0.361 e. The fraction of sp³-hybridized carbons (Fsp3) is 0.407. The van der Waals surface area contributed by atoms with Crippen LogP contribution in [0.5, 0.6) is 0 Å². The fourth-order valence-corrected chi connectivity index (χ4v) is 4.90. The van der Waals surface area contributed by atoms with E-state index in [1.54, 1.807) is 10.9 Å². The average Bonchev–Trinajstić information content (AvgIpc) is 3.70. The van der Waals surface area contributed by atoms with E-state index in [-0.39, 0.29) is 6.42 Å². The van der Waals surface area contributed by atoms with Crippen molar-refractivity contribution in [1.82, 2.24) is 35.1 Å². The summed E-state index contributed by atoms with van der Waals surface area (Å²) in [7, 11) is 0. The number of esters is 2. The molecule has 2 aromatic carbocycles. The number of carbonyl (C=O) groups excluding carboxylic acids is 2. The summed E-state index contributed by atoms with van der Waals surface area (Å²) in [6.07, 6.45) is 8.20. The van der Waals surface area contributed by atoms with Crippen molar-refractivity contribution < 1.29 is 19.4 Å². The van der Waals surface area contributed by atoms with Crippen LogP contribution in [0.1, 0.15) is 57.9 Å². The van der Waals surface area contributed by atoms with E-state index in [4.69, 9.17) is 4.74 Å². The predicted octanol–water partition coefficient (Wildman–Crippen LogP) is 3.33. The van der Waals surface area contributed by atoms with E-state index in [9.17, 15) is 14.7 Å². The number of hydrogen-bond acceptors (Lipinski definition) is 9. The summed E-state index contributed by atoms with van der Waals surface area (Å²) in [5.41, 5.74) is 2.20. The highest BCUT2D eigenvalue weighted by molar-refractivity contribution is 5.93. The molecule has 38 heavy (non-hydrogen) atoms. The lowest BCUT2D eigenvalue weighted by atomic mass is 10.0. The van der Waals surface area contributed by atoms with Gasteiger partial charge in [-0.1, -0.05) is 56.9 Å². The molecule has 1 fully saturated rings. The largest absolute Gasteiger partial charge is 0.388 e. The number of ether oxygens (including phenoxy) is 1. The second-order valence-corrected chi connectivity index (χ2v) is 9.56. The highest BCUT2D eigenvalue weighted by Gasteiger charge is 2.42. The zero-order chi connectivity index (χ0) is 26.5. The number of benzene rings is 2. The molecule has 11 heteroatoms. The summed E-state index contributed by atoms with van der Waals surface area (Å²) in [4.78, 5) is 31.9. The van der Waals surface area contributed by atoms with Crippen molar-refractivity contribution in [3.63, 3.8) is 0 Å². The van der Waals surface area contributed by atoms with Crippen LogP contribution in [-0.4, -0.2) is 59.1 Å². The average molecular weight is 518 g/mol. The number of carbonyl (C=O) groups is 2. The first-order valence-corrected chi connectivity index (χ1v) is 13.0. The van der Waals surface area contributed by atoms with Crippen LogP contribution in [0, 0.1) is 0 Å². The minimum Gasteiger partial charge on any atom is -0.388 e. The number of hydrogen-bond donors (Lipinski definition) is 2. The van der Waals surface area contributed by atoms with Gasteiger partial charge in [0.1, 0.15) is 6.04 Å². The van der Waals surface area contributed by atoms with Crippen molar-refractivity contribution in [2.24, 2.45) is 0 Å². The molecule has 2 N–H and O–H groups in total. The molecule has 11 nitrogen and oxygen atoms in total. The number of fused-ring (bicyclic) bond motifs is 1. The summed E-state index contributed by atoms with van der Waals surface area (Å²) in [6, 6.07) is 12.8. The second-order valence-electron chi connectivity index (χ2n) is 9.56. The molecule has 5 rings (SSSR count). The van der Waals surface area contributed by atoms with Gasteiger partial charge in [0.25, 0.3) is 0 Å². The van der Waals surface area contributed by atoms with Gasteiger partial charge in [-0.25, -0.2) is 14.6 Å². The maximum absolute atomic E-state index is 13.3. The van der Waals surface area contributed by atoms with Crippen LogP contribution in [0.15, 0.2) is 55.1 Å². The van der Waals surface area contributed by atoms with Gasteiger partial charge in [0.05, 0.1) is 23.0 Å². The van der Waals surface area contributed by atoms with Crippen LogP contribution in [0.2, 0.25) is 0 Å². The van der Waals surface area contributed by atoms with Gasteiger partial charge in [0.2, 0.25) is 5.72 Å². The first-order chi connectivity index (χ1) is 18.5. The van der Waals surface area contributed by atoms with E-state index in [0.717, 1.165) is 48.0 Å². The quantitative estimate of drug-likeness (QED) is 0.184. The first-order valence-electron chi connectivity index (χ1n) is 13.0. The molecular weight excluding hydrogens is 486 g/mol. The summed E-state index contributed by atoms with van der Waals surface area (Å²) in [6.45, 7) is 2.61.